The van der Waals surface area contributed by atoms with Crippen LogP contribution in [0.5, 0.6) is 5.75 Å². The van der Waals surface area contributed by atoms with Gasteiger partial charge in [0.25, 0.3) is 0 Å². The molecule has 2 N–H and O–H groups in total. The zero-order chi connectivity index (χ0) is 22.8. The van der Waals surface area contributed by atoms with E-state index in [4.69, 9.17) is 4.74 Å². The van der Waals surface area contributed by atoms with Gasteiger partial charge in [-0.2, -0.15) is 5.10 Å². The zero-order valence-electron chi connectivity index (χ0n) is 16.7. The molecule has 0 heterocycles. The van der Waals surface area contributed by atoms with Crippen molar-refractivity contribution in [3.8, 4) is 5.75 Å². The first-order chi connectivity index (χ1) is 15.5. The molecule has 0 aliphatic heterocycles. The predicted molar refractivity (Wildman–Crippen MR) is 126 cm³/mol. The monoisotopic (exact) mass is 491 g/mol. The Morgan fingerprint density at radius 3 is 2.19 bits per heavy atom. The van der Waals surface area contributed by atoms with Crippen LogP contribution >= 0.6 is 15.9 Å². The van der Waals surface area contributed by atoms with Gasteiger partial charge < -0.3 is 10.1 Å². The van der Waals surface area contributed by atoms with Crippen LogP contribution in [0, 0.1) is 0 Å². The summed E-state index contributed by atoms with van der Waals surface area (Å²) in [4.78, 5) is 35.6. The van der Waals surface area contributed by atoms with Gasteiger partial charge in [-0.15, -0.1) is 0 Å². The highest BCUT2D eigenvalue weighted by Crippen LogP contribution is 2.14. The summed E-state index contributed by atoms with van der Waals surface area (Å²) in [6, 6.07) is 22.7. The minimum absolute atomic E-state index is 0.364. The van der Waals surface area contributed by atoms with Crippen LogP contribution < -0.4 is 15.5 Å². The molecule has 7 nitrogen and oxygen atoms in total. The first kappa shape index (κ1) is 22.6. The Kier molecular flexibility index (Phi) is 8.05. The second-order valence-electron chi connectivity index (χ2n) is 6.39. The quantitative estimate of drug-likeness (QED) is 0.135. The van der Waals surface area contributed by atoms with Gasteiger partial charge in [-0.3, -0.25) is 9.59 Å². The fourth-order valence-corrected chi connectivity index (χ4v) is 2.70. The molecule has 0 aromatic heterocycles. The Bertz CT molecular complexity index is 1140. The van der Waals surface area contributed by atoms with E-state index in [1.54, 1.807) is 54.6 Å². The van der Waals surface area contributed by atoms with Gasteiger partial charge >= 0.3 is 17.8 Å². The lowest BCUT2D eigenvalue weighted by Gasteiger charge is -2.04. The SMILES string of the molecule is O=C(/C=C/c1ccccc1)Oc1ccc(/C=N/NC(=O)C(=O)Nc2ccc(Br)cc2)cc1. The number of amides is 2. The van der Waals surface area contributed by atoms with Crippen molar-refractivity contribution >= 4 is 51.7 Å². The molecule has 160 valence electrons. The van der Waals surface area contributed by atoms with E-state index < -0.39 is 17.8 Å². The fourth-order valence-electron chi connectivity index (χ4n) is 2.44. The highest BCUT2D eigenvalue weighted by molar-refractivity contribution is 9.10. The number of halogens is 1. The minimum atomic E-state index is -0.903. The summed E-state index contributed by atoms with van der Waals surface area (Å²) in [6.07, 6.45) is 4.38. The molecule has 0 spiro atoms. The van der Waals surface area contributed by atoms with Crippen LogP contribution in [0.2, 0.25) is 0 Å². The van der Waals surface area contributed by atoms with Crippen molar-refractivity contribution < 1.29 is 19.1 Å². The van der Waals surface area contributed by atoms with Crippen LogP contribution in [0.15, 0.2) is 94.5 Å². The lowest BCUT2D eigenvalue weighted by atomic mass is 10.2. The van der Waals surface area contributed by atoms with Crippen molar-refractivity contribution in [3.05, 3.63) is 101 Å². The Labute approximate surface area is 192 Å². The summed E-state index contributed by atoms with van der Waals surface area (Å²) in [5.74, 6) is -1.88. The van der Waals surface area contributed by atoms with E-state index in [2.05, 4.69) is 31.8 Å². The van der Waals surface area contributed by atoms with Gasteiger partial charge in [0.15, 0.2) is 0 Å². The van der Waals surface area contributed by atoms with Gasteiger partial charge in [-0.25, -0.2) is 10.2 Å². The maximum atomic E-state index is 11.9. The van der Waals surface area contributed by atoms with Crippen LogP contribution in [0.1, 0.15) is 11.1 Å². The van der Waals surface area contributed by atoms with Gasteiger partial charge in [0.1, 0.15) is 5.75 Å². The predicted octanol–water partition coefficient (Wildman–Crippen LogP) is 4.16. The van der Waals surface area contributed by atoms with Crippen molar-refractivity contribution in [2.75, 3.05) is 5.32 Å². The molecule has 3 aromatic rings. The fraction of sp³-hybridized carbons (Fsp3) is 0. The molecule has 0 saturated heterocycles. The lowest BCUT2D eigenvalue weighted by molar-refractivity contribution is -0.136. The number of hydrogen-bond acceptors (Lipinski definition) is 5. The average molecular weight is 492 g/mol. The van der Waals surface area contributed by atoms with Crippen LogP contribution in [0.25, 0.3) is 6.08 Å². The summed E-state index contributed by atoms with van der Waals surface area (Å²) in [5.41, 5.74) is 4.17. The van der Waals surface area contributed by atoms with Gasteiger partial charge in [0.2, 0.25) is 0 Å². The third-order valence-corrected chi connectivity index (χ3v) is 4.53. The van der Waals surface area contributed by atoms with Crippen LogP contribution in [-0.4, -0.2) is 24.0 Å². The highest BCUT2D eigenvalue weighted by atomic mass is 79.9. The van der Waals surface area contributed by atoms with E-state index in [1.807, 2.05) is 30.3 Å². The molecule has 3 rings (SSSR count). The van der Waals surface area contributed by atoms with Crippen LogP contribution in [0.4, 0.5) is 5.69 Å². The summed E-state index contributed by atoms with van der Waals surface area (Å²) < 4.78 is 6.09. The molecule has 2 amide bonds. The molecule has 0 fully saturated rings. The number of hydrazone groups is 1. The molecule has 3 aromatic carbocycles. The van der Waals surface area contributed by atoms with E-state index in [0.717, 1.165) is 10.0 Å². The molecule has 0 bridgehead atoms. The maximum absolute atomic E-state index is 11.9. The smallest absolute Gasteiger partial charge is 0.336 e. The Morgan fingerprint density at radius 2 is 1.50 bits per heavy atom. The number of nitrogens with one attached hydrogen (secondary N) is 2. The van der Waals surface area contributed by atoms with E-state index in [1.165, 1.54) is 12.3 Å². The molecule has 0 radical (unpaired) electrons. The van der Waals surface area contributed by atoms with Gasteiger partial charge in [-0.05, 0) is 65.7 Å². The van der Waals surface area contributed by atoms with Crippen molar-refractivity contribution in [1.29, 1.82) is 0 Å². The number of rotatable bonds is 6. The third kappa shape index (κ3) is 7.33. The van der Waals surface area contributed by atoms with Crippen molar-refractivity contribution in [2.24, 2.45) is 5.10 Å². The molecule has 0 saturated carbocycles. The van der Waals surface area contributed by atoms with Crippen LogP contribution in [-0.2, 0) is 14.4 Å². The first-order valence-corrected chi connectivity index (χ1v) is 10.2. The molecule has 0 atom stereocenters. The van der Waals surface area contributed by atoms with Crippen molar-refractivity contribution in [3.63, 3.8) is 0 Å². The van der Waals surface area contributed by atoms with E-state index in [9.17, 15) is 14.4 Å². The number of benzene rings is 3. The summed E-state index contributed by atoms with van der Waals surface area (Å²) in [5, 5.41) is 6.22. The summed E-state index contributed by atoms with van der Waals surface area (Å²) in [6.45, 7) is 0. The average Bonchev–Trinajstić information content (AvgIpc) is 2.81. The van der Waals surface area contributed by atoms with Crippen molar-refractivity contribution in [1.82, 2.24) is 5.43 Å². The molecular formula is C24H18BrN3O4. The molecule has 8 heteroatoms. The number of esters is 1. The molecule has 32 heavy (non-hydrogen) atoms. The topological polar surface area (TPSA) is 96.9 Å². The Hall–Kier alpha value is -4.04. The number of nitrogens with zero attached hydrogens (tertiary/aromatic N) is 1. The number of anilines is 1. The standard InChI is InChI=1S/C24H18BrN3O4/c25-19-9-11-20(12-10-19)27-23(30)24(31)28-26-16-18-6-13-21(14-7-18)32-22(29)15-8-17-4-2-1-3-5-17/h1-16H,(H,27,30)(H,28,31)/b15-8+,26-16+. The molecule has 0 aliphatic rings. The number of carbonyl (C=O) groups excluding carboxylic acids is 3. The lowest BCUT2D eigenvalue weighted by Crippen LogP contribution is -2.32. The van der Waals surface area contributed by atoms with Crippen LogP contribution in [0.3, 0.4) is 0 Å². The van der Waals surface area contributed by atoms with Gasteiger partial charge in [-0.1, -0.05) is 46.3 Å². The second-order valence-corrected chi connectivity index (χ2v) is 7.31. The van der Waals surface area contributed by atoms with E-state index >= 15 is 0 Å². The zero-order valence-corrected chi connectivity index (χ0v) is 18.3. The van der Waals surface area contributed by atoms with Crippen molar-refractivity contribution in [2.45, 2.75) is 0 Å². The largest absolute Gasteiger partial charge is 0.423 e. The number of carbonyl (C=O) groups is 3. The normalized spacial score (nSPS) is 10.8. The third-order valence-electron chi connectivity index (χ3n) is 4.00. The van der Waals surface area contributed by atoms with Gasteiger partial charge in [0, 0.05) is 16.2 Å². The number of hydrogen-bond donors (Lipinski definition) is 2. The Balaban J connectivity index is 1.46. The molecular weight excluding hydrogens is 474 g/mol. The minimum Gasteiger partial charge on any atom is -0.423 e. The highest BCUT2D eigenvalue weighted by Gasteiger charge is 2.12. The summed E-state index contributed by atoms with van der Waals surface area (Å²) in [7, 11) is 0. The Morgan fingerprint density at radius 1 is 0.812 bits per heavy atom. The maximum Gasteiger partial charge on any atom is 0.336 e. The molecule has 0 aliphatic carbocycles. The number of ether oxygens (including phenoxy) is 1. The van der Waals surface area contributed by atoms with E-state index in [0.29, 0.717) is 17.0 Å². The molecule has 0 unspecified atom stereocenters. The van der Waals surface area contributed by atoms with E-state index in [-0.39, 0.29) is 0 Å². The van der Waals surface area contributed by atoms with Gasteiger partial charge in [0.05, 0.1) is 6.21 Å². The summed E-state index contributed by atoms with van der Waals surface area (Å²) >= 11 is 3.29. The first-order valence-electron chi connectivity index (χ1n) is 9.44. The second kappa shape index (κ2) is 11.4.